The normalized spacial score (nSPS) is 23.8. The SMILES string of the molecule is Cc1nc(Cl)sc1S(=O)(=O)N1CCN2C(=O)NCC2C1. The molecule has 0 aromatic carbocycles. The lowest BCUT2D eigenvalue weighted by molar-refractivity contribution is 0.164. The zero-order valence-electron chi connectivity index (χ0n) is 10.7. The van der Waals surface area contributed by atoms with Gasteiger partial charge in [0.15, 0.2) is 8.68 Å². The molecule has 1 unspecified atom stereocenters. The number of aromatic nitrogens is 1. The van der Waals surface area contributed by atoms with Crippen molar-refractivity contribution in [3.8, 4) is 0 Å². The first kappa shape index (κ1) is 14.1. The summed E-state index contributed by atoms with van der Waals surface area (Å²) >= 11 is 6.75. The van der Waals surface area contributed by atoms with Crippen LogP contribution < -0.4 is 5.32 Å². The summed E-state index contributed by atoms with van der Waals surface area (Å²) in [6, 6.07) is -0.223. The standard InChI is InChI=1S/C10H13ClN4O3S2/c1-6-8(19-9(11)13-6)20(17,18)14-2-3-15-7(5-14)4-12-10(15)16/h7H,2-5H2,1H3,(H,12,16). The van der Waals surface area contributed by atoms with Gasteiger partial charge in [-0.15, -0.1) is 0 Å². The first-order valence-corrected chi connectivity index (χ1v) is 8.70. The average Bonchev–Trinajstić information content (AvgIpc) is 2.93. The Morgan fingerprint density at radius 1 is 1.45 bits per heavy atom. The predicted octanol–water partition coefficient (Wildman–Crippen LogP) is 0.503. The summed E-state index contributed by atoms with van der Waals surface area (Å²) in [6.45, 7) is 3.11. The number of nitrogens with zero attached hydrogens (tertiary/aromatic N) is 3. The van der Waals surface area contributed by atoms with Crippen LogP contribution in [0.15, 0.2) is 4.21 Å². The van der Waals surface area contributed by atoms with Crippen molar-refractivity contribution in [1.29, 1.82) is 0 Å². The molecule has 0 bridgehead atoms. The van der Waals surface area contributed by atoms with Crippen molar-refractivity contribution in [2.75, 3.05) is 26.2 Å². The summed E-state index contributed by atoms with van der Waals surface area (Å²) in [5.74, 6) is 0. The van der Waals surface area contributed by atoms with E-state index in [1.165, 1.54) is 4.31 Å². The van der Waals surface area contributed by atoms with Crippen LogP contribution in [0.25, 0.3) is 0 Å². The lowest BCUT2D eigenvalue weighted by atomic mass is 10.2. The number of carbonyl (C=O) groups excluding carboxylic acids is 1. The van der Waals surface area contributed by atoms with Gasteiger partial charge in [0.25, 0.3) is 10.0 Å². The Morgan fingerprint density at radius 3 is 2.85 bits per heavy atom. The highest BCUT2D eigenvalue weighted by Crippen LogP contribution is 2.30. The molecule has 0 aliphatic carbocycles. The van der Waals surface area contributed by atoms with Crippen molar-refractivity contribution >= 4 is 39.0 Å². The van der Waals surface area contributed by atoms with Crippen molar-refractivity contribution in [3.05, 3.63) is 10.2 Å². The number of amides is 2. The molecule has 1 N–H and O–H groups in total. The molecule has 0 saturated carbocycles. The highest BCUT2D eigenvalue weighted by molar-refractivity contribution is 7.91. The van der Waals surface area contributed by atoms with E-state index >= 15 is 0 Å². The minimum atomic E-state index is -3.59. The Hall–Kier alpha value is -0.900. The van der Waals surface area contributed by atoms with Gasteiger partial charge >= 0.3 is 6.03 Å². The van der Waals surface area contributed by atoms with Gasteiger partial charge in [0.1, 0.15) is 0 Å². The van der Waals surface area contributed by atoms with Crippen LogP contribution in [0.5, 0.6) is 0 Å². The molecule has 3 rings (SSSR count). The molecule has 3 heterocycles. The maximum Gasteiger partial charge on any atom is 0.317 e. The van der Waals surface area contributed by atoms with E-state index in [1.54, 1.807) is 11.8 Å². The first-order chi connectivity index (χ1) is 9.39. The molecule has 2 aliphatic heterocycles. The van der Waals surface area contributed by atoms with Crippen molar-refractivity contribution in [3.63, 3.8) is 0 Å². The number of piperazine rings is 1. The number of carbonyl (C=O) groups is 1. The van der Waals surface area contributed by atoms with Crippen LogP contribution in [0.2, 0.25) is 4.47 Å². The first-order valence-electron chi connectivity index (χ1n) is 6.07. The zero-order chi connectivity index (χ0) is 14.5. The minimum absolute atomic E-state index is 0.102. The van der Waals surface area contributed by atoms with E-state index in [0.29, 0.717) is 31.9 Å². The Balaban J connectivity index is 1.86. The van der Waals surface area contributed by atoms with Crippen LogP contribution in [-0.4, -0.2) is 60.9 Å². The van der Waals surface area contributed by atoms with E-state index in [9.17, 15) is 13.2 Å². The number of fused-ring (bicyclic) bond motifs is 1. The van der Waals surface area contributed by atoms with Crippen LogP contribution >= 0.6 is 22.9 Å². The molecule has 2 aliphatic rings. The van der Waals surface area contributed by atoms with Gasteiger partial charge in [-0.2, -0.15) is 4.31 Å². The molecule has 2 fully saturated rings. The van der Waals surface area contributed by atoms with Crippen molar-refractivity contribution in [2.24, 2.45) is 0 Å². The van der Waals surface area contributed by atoms with E-state index in [4.69, 9.17) is 11.6 Å². The molecular weight excluding hydrogens is 324 g/mol. The molecule has 0 radical (unpaired) electrons. The third-order valence-corrected chi connectivity index (χ3v) is 7.21. The van der Waals surface area contributed by atoms with E-state index < -0.39 is 10.0 Å². The summed E-state index contributed by atoms with van der Waals surface area (Å²) < 4.78 is 27.0. The van der Waals surface area contributed by atoms with E-state index in [-0.39, 0.29) is 20.7 Å². The number of thiazole rings is 1. The lowest BCUT2D eigenvalue weighted by Gasteiger charge is -2.35. The van der Waals surface area contributed by atoms with Crippen molar-refractivity contribution < 1.29 is 13.2 Å². The molecule has 1 atom stereocenters. The van der Waals surface area contributed by atoms with Crippen LogP contribution in [0.1, 0.15) is 5.69 Å². The number of hydrogen-bond donors (Lipinski definition) is 1. The number of hydrogen-bond acceptors (Lipinski definition) is 5. The molecule has 20 heavy (non-hydrogen) atoms. The Labute approximate surface area is 125 Å². The zero-order valence-corrected chi connectivity index (χ0v) is 13.1. The van der Waals surface area contributed by atoms with E-state index in [1.807, 2.05) is 0 Å². The van der Waals surface area contributed by atoms with Crippen LogP contribution in [0.4, 0.5) is 4.79 Å². The summed E-state index contributed by atoms with van der Waals surface area (Å²) in [4.78, 5) is 17.1. The molecule has 7 nitrogen and oxygen atoms in total. The maximum absolute atomic E-state index is 12.6. The second-order valence-electron chi connectivity index (χ2n) is 4.74. The van der Waals surface area contributed by atoms with E-state index in [0.717, 1.165) is 11.3 Å². The maximum atomic E-state index is 12.6. The lowest BCUT2D eigenvalue weighted by Crippen LogP contribution is -2.53. The average molecular weight is 337 g/mol. The summed E-state index contributed by atoms with van der Waals surface area (Å²) in [5.41, 5.74) is 0.419. The largest absolute Gasteiger partial charge is 0.336 e. The van der Waals surface area contributed by atoms with Gasteiger partial charge in [0.05, 0.1) is 11.7 Å². The number of urea groups is 1. The van der Waals surface area contributed by atoms with Gasteiger partial charge in [-0.05, 0) is 6.92 Å². The number of aryl methyl sites for hydroxylation is 1. The second-order valence-corrected chi connectivity index (χ2v) is 8.45. The highest BCUT2D eigenvalue weighted by atomic mass is 35.5. The number of halogens is 1. The third kappa shape index (κ3) is 2.18. The van der Waals surface area contributed by atoms with Gasteiger partial charge in [0, 0.05) is 26.2 Å². The molecule has 110 valence electrons. The predicted molar refractivity (Wildman–Crippen MR) is 74.5 cm³/mol. The number of rotatable bonds is 2. The van der Waals surface area contributed by atoms with Crippen LogP contribution in [0.3, 0.4) is 0 Å². The fraction of sp³-hybridized carbons (Fsp3) is 0.600. The fourth-order valence-corrected chi connectivity index (χ4v) is 5.84. The van der Waals surface area contributed by atoms with Crippen LogP contribution in [0, 0.1) is 6.92 Å². The molecule has 2 amide bonds. The molecule has 0 spiro atoms. The summed E-state index contributed by atoms with van der Waals surface area (Å²) in [7, 11) is -3.59. The van der Waals surface area contributed by atoms with Gasteiger partial charge in [-0.1, -0.05) is 22.9 Å². The minimum Gasteiger partial charge on any atom is -0.336 e. The van der Waals surface area contributed by atoms with Gasteiger partial charge in [0.2, 0.25) is 0 Å². The fourth-order valence-electron chi connectivity index (χ4n) is 2.50. The topological polar surface area (TPSA) is 82.6 Å². The van der Waals surface area contributed by atoms with Gasteiger partial charge in [-0.25, -0.2) is 18.2 Å². The third-order valence-electron chi connectivity index (χ3n) is 3.50. The monoisotopic (exact) mass is 336 g/mol. The van der Waals surface area contributed by atoms with E-state index in [2.05, 4.69) is 10.3 Å². The second kappa shape index (κ2) is 4.83. The van der Waals surface area contributed by atoms with Crippen LogP contribution in [-0.2, 0) is 10.0 Å². The molecule has 1 aromatic rings. The number of nitrogens with one attached hydrogen (secondary N) is 1. The van der Waals surface area contributed by atoms with Crippen molar-refractivity contribution in [2.45, 2.75) is 17.2 Å². The van der Waals surface area contributed by atoms with Crippen molar-refractivity contribution in [1.82, 2.24) is 19.5 Å². The Kier molecular flexibility index (Phi) is 3.39. The highest BCUT2D eigenvalue weighted by Gasteiger charge is 2.40. The molecule has 1 aromatic heterocycles. The Morgan fingerprint density at radius 2 is 2.20 bits per heavy atom. The molecule has 10 heteroatoms. The summed E-state index contributed by atoms with van der Waals surface area (Å²) in [5, 5.41) is 2.72. The number of sulfonamides is 1. The summed E-state index contributed by atoms with van der Waals surface area (Å²) in [6.07, 6.45) is 0. The van der Waals surface area contributed by atoms with Gasteiger partial charge in [-0.3, -0.25) is 0 Å². The van der Waals surface area contributed by atoms with Gasteiger partial charge < -0.3 is 10.2 Å². The molecule has 2 saturated heterocycles. The molecular formula is C10H13ClN4O3S2. The Bertz CT molecular complexity index is 659. The smallest absolute Gasteiger partial charge is 0.317 e. The quantitative estimate of drug-likeness (QED) is 0.852.